The Morgan fingerprint density at radius 3 is 1.62 bits per heavy atom. The number of phenolic OH excluding ortho intramolecular Hbond substituents is 2. The van der Waals surface area contributed by atoms with Crippen LogP contribution in [0, 0.1) is 0 Å². The first-order valence-corrected chi connectivity index (χ1v) is 12.4. The van der Waals surface area contributed by atoms with Crippen LogP contribution in [0.4, 0.5) is 0 Å². The number of amides is 3. The lowest BCUT2D eigenvalue weighted by molar-refractivity contribution is -0.142. The van der Waals surface area contributed by atoms with E-state index in [0.29, 0.717) is 11.1 Å². The van der Waals surface area contributed by atoms with Crippen molar-refractivity contribution in [2.45, 2.75) is 43.8 Å². The number of phenols is 2. The van der Waals surface area contributed by atoms with Crippen LogP contribution in [0.25, 0.3) is 0 Å². The van der Waals surface area contributed by atoms with E-state index < -0.39 is 41.8 Å². The van der Waals surface area contributed by atoms with Crippen LogP contribution in [0.2, 0.25) is 0 Å². The Kier molecular flexibility index (Phi) is 12.2. The third kappa shape index (κ3) is 10.9. The molecular weight excluding hydrogens is 522 g/mol. The molecule has 2 aromatic carbocycles. The number of benzene rings is 2. The summed E-state index contributed by atoms with van der Waals surface area (Å²) < 4.78 is 0. The average Bonchev–Trinajstić information content (AvgIpc) is 2.91. The van der Waals surface area contributed by atoms with Gasteiger partial charge in [-0.25, -0.2) is 4.79 Å². The molecule has 0 fully saturated rings. The maximum Gasteiger partial charge on any atom is 0.326 e. The summed E-state index contributed by atoms with van der Waals surface area (Å²) in [6.07, 6.45) is 0.265. The Morgan fingerprint density at radius 2 is 1.20 bits per heavy atom. The fourth-order valence-corrected chi connectivity index (χ4v) is 3.71. The fourth-order valence-electron chi connectivity index (χ4n) is 3.71. The SMILES string of the molecule is NCC(=O)NC(Cc1ccc(O)cc1)C(=O)NC(Cc1ccc(O)cc1)C(=O)NC(CCCN=C(N)N)C(=O)O. The molecule has 2 aromatic rings. The first-order chi connectivity index (χ1) is 19.0. The molecule has 0 saturated heterocycles. The second-order valence-electron chi connectivity index (χ2n) is 8.97. The van der Waals surface area contributed by atoms with Crippen molar-refractivity contribution in [3.05, 3.63) is 59.7 Å². The quantitative estimate of drug-likeness (QED) is 0.0690. The highest BCUT2D eigenvalue weighted by Crippen LogP contribution is 2.14. The normalized spacial score (nSPS) is 12.8. The van der Waals surface area contributed by atoms with E-state index >= 15 is 0 Å². The Morgan fingerprint density at radius 1 is 0.750 bits per heavy atom. The summed E-state index contributed by atoms with van der Waals surface area (Å²) in [5.74, 6) is -3.50. The number of hydrogen-bond acceptors (Lipinski definition) is 8. The second-order valence-corrected chi connectivity index (χ2v) is 8.97. The van der Waals surface area contributed by atoms with Gasteiger partial charge in [-0.05, 0) is 48.2 Å². The van der Waals surface area contributed by atoms with Crippen LogP contribution in [0.5, 0.6) is 11.5 Å². The summed E-state index contributed by atoms with van der Waals surface area (Å²) >= 11 is 0. The molecule has 0 saturated carbocycles. The topological polar surface area (TPSA) is 255 Å². The van der Waals surface area contributed by atoms with Gasteiger partial charge < -0.3 is 48.5 Å². The van der Waals surface area contributed by atoms with Crippen molar-refractivity contribution in [3.8, 4) is 11.5 Å². The fraction of sp³-hybridized carbons (Fsp3) is 0.346. The highest BCUT2D eigenvalue weighted by atomic mass is 16.4. The molecule has 0 heterocycles. The van der Waals surface area contributed by atoms with Crippen LogP contribution in [-0.2, 0) is 32.0 Å². The van der Waals surface area contributed by atoms with Crippen LogP contribution in [0.15, 0.2) is 53.5 Å². The molecule has 12 N–H and O–H groups in total. The molecule has 0 aliphatic rings. The number of carbonyl (C=O) groups excluding carboxylic acids is 3. The lowest BCUT2D eigenvalue weighted by atomic mass is 10.0. The van der Waals surface area contributed by atoms with Crippen LogP contribution in [0.1, 0.15) is 24.0 Å². The van der Waals surface area contributed by atoms with Crippen molar-refractivity contribution >= 4 is 29.7 Å². The van der Waals surface area contributed by atoms with Crippen molar-refractivity contribution < 1.29 is 34.5 Å². The summed E-state index contributed by atoms with van der Waals surface area (Å²) in [7, 11) is 0. The molecule has 3 atom stereocenters. The minimum atomic E-state index is -1.29. The Hall–Kier alpha value is -4.85. The summed E-state index contributed by atoms with van der Waals surface area (Å²) in [6.45, 7) is -0.216. The number of carboxylic acid groups (broad SMARTS) is 1. The molecule has 0 spiro atoms. The first kappa shape index (κ1) is 31.4. The number of carbonyl (C=O) groups is 4. The van der Waals surface area contributed by atoms with Crippen LogP contribution in [0.3, 0.4) is 0 Å². The zero-order chi connectivity index (χ0) is 29.7. The monoisotopic (exact) mass is 557 g/mol. The van der Waals surface area contributed by atoms with Crippen LogP contribution in [-0.4, -0.2) is 76.2 Å². The Balaban J connectivity index is 2.26. The number of aliphatic imine (C=N–C) groups is 1. The van der Waals surface area contributed by atoms with Gasteiger partial charge in [0.25, 0.3) is 0 Å². The van der Waals surface area contributed by atoms with Gasteiger partial charge >= 0.3 is 5.97 Å². The van der Waals surface area contributed by atoms with Crippen molar-refractivity contribution in [1.29, 1.82) is 0 Å². The molecule has 40 heavy (non-hydrogen) atoms. The van der Waals surface area contributed by atoms with Gasteiger partial charge in [-0.2, -0.15) is 0 Å². The number of nitrogens with one attached hydrogen (secondary N) is 3. The summed E-state index contributed by atoms with van der Waals surface area (Å²) in [5.41, 5.74) is 17.1. The molecule has 0 aliphatic carbocycles. The molecule has 216 valence electrons. The number of carboxylic acids is 1. The van der Waals surface area contributed by atoms with Crippen molar-refractivity contribution in [1.82, 2.24) is 16.0 Å². The van der Waals surface area contributed by atoms with E-state index in [1.807, 2.05) is 0 Å². The number of rotatable bonds is 15. The van der Waals surface area contributed by atoms with E-state index in [0.717, 1.165) is 0 Å². The summed E-state index contributed by atoms with van der Waals surface area (Å²) in [4.78, 5) is 54.2. The molecule has 0 aromatic heterocycles. The van der Waals surface area contributed by atoms with E-state index in [9.17, 15) is 34.5 Å². The average molecular weight is 558 g/mol. The molecule has 2 rings (SSSR count). The predicted molar refractivity (Wildman–Crippen MR) is 146 cm³/mol. The van der Waals surface area contributed by atoms with Crippen molar-refractivity contribution in [2.24, 2.45) is 22.2 Å². The molecule has 3 unspecified atom stereocenters. The number of nitrogens with zero attached hydrogens (tertiary/aromatic N) is 1. The van der Waals surface area contributed by atoms with E-state index in [-0.39, 0.29) is 56.2 Å². The van der Waals surface area contributed by atoms with Gasteiger partial charge in [0.1, 0.15) is 29.6 Å². The van der Waals surface area contributed by atoms with Gasteiger partial charge in [-0.3, -0.25) is 19.4 Å². The summed E-state index contributed by atoms with van der Waals surface area (Å²) in [6, 6.07) is 8.26. The smallest absolute Gasteiger partial charge is 0.326 e. The molecule has 3 amide bonds. The van der Waals surface area contributed by atoms with Gasteiger partial charge in [0.05, 0.1) is 6.54 Å². The molecule has 0 aliphatic heterocycles. The number of aliphatic carboxylic acids is 1. The van der Waals surface area contributed by atoms with Gasteiger partial charge in [0, 0.05) is 19.4 Å². The second kappa shape index (κ2) is 15.5. The Labute approximate surface area is 230 Å². The first-order valence-electron chi connectivity index (χ1n) is 12.4. The molecule has 14 nitrogen and oxygen atoms in total. The lowest BCUT2D eigenvalue weighted by Crippen LogP contribution is -2.57. The van der Waals surface area contributed by atoms with E-state index in [1.165, 1.54) is 24.3 Å². The minimum Gasteiger partial charge on any atom is -0.508 e. The number of hydrogen-bond donors (Lipinski definition) is 9. The maximum atomic E-state index is 13.3. The third-order valence-corrected chi connectivity index (χ3v) is 5.78. The third-order valence-electron chi connectivity index (χ3n) is 5.78. The molecular formula is C26H35N7O7. The Bertz CT molecular complexity index is 1180. The van der Waals surface area contributed by atoms with E-state index in [2.05, 4.69) is 20.9 Å². The van der Waals surface area contributed by atoms with Crippen LogP contribution >= 0.6 is 0 Å². The summed E-state index contributed by atoms with van der Waals surface area (Å²) in [5, 5.41) is 36.3. The maximum absolute atomic E-state index is 13.3. The van der Waals surface area contributed by atoms with Gasteiger partial charge in [-0.15, -0.1) is 0 Å². The van der Waals surface area contributed by atoms with Crippen molar-refractivity contribution in [2.75, 3.05) is 13.1 Å². The molecule has 0 radical (unpaired) electrons. The lowest BCUT2D eigenvalue weighted by Gasteiger charge is -2.25. The standard InChI is InChI=1S/C26H35N7O7/c27-14-22(36)31-20(12-15-3-7-17(34)8-4-15)23(37)33-21(13-16-5-9-18(35)10-6-16)24(38)32-19(25(39)40)2-1-11-30-26(28)29/h3-10,19-21,34-35H,1-2,11-14,27H2,(H,31,36)(H,32,38)(H,33,37)(H,39,40)(H4,28,29,30). The highest BCUT2D eigenvalue weighted by Gasteiger charge is 2.30. The van der Waals surface area contributed by atoms with Crippen molar-refractivity contribution in [3.63, 3.8) is 0 Å². The zero-order valence-corrected chi connectivity index (χ0v) is 21.7. The van der Waals surface area contributed by atoms with Gasteiger partial charge in [0.15, 0.2) is 5.96 Å². The van der Waals surface area contributed by atoms with Crippen LogP contribution < -0.4 is 33.2 Å². The molecule has 0 bridgehead atoms. The number of nitrogens with two attached hydrogens (primary N) is 3. The molecule has 14 heteroatoms. The number of aromatic hydroxyl groups is 2. The number of guanidine groups is 1. The van der Waals surface area contributed by atoms with Gasteiger partial charge in [-0.1, -0.05) is 24.3 Å². The van der Waals surface area contributed by atoms with E-state index in [1.54, 1.807) is 24.3 Å². The largest absolute Gasteiger partial charge is 0.508 e. The zero-order valence-electron chi connectivity index (χ0n) is 21.7. The minimum absolute atomic E-state index is 0.000961. The predicted octanol–water partition coefficient (Wildman–Crippen LogP) is -1.57. The van der Waals surface area contributed by atoms with Gasteiger partial charge in [0.2, 0.25) is 17.7 Å². The highest BCUT2D eigenvalue weighted by molar-refractivity contribution is 5.94. The van der Waals surface area contributed by atoms with E-state index in [4.69, 9.17) is 17.2 Å².